The third-order valence-corrected chi connectivity index (χ3v) is 2.27. The van der Waals surface area contributed by atoms with E-state index in [1.165, 1.54) is 14.2 Å². The summed E-state index contributed by atoms with van der Waals surface area (Å²) in [6.07, 6.45) is -1.97. The Hall–Kier alpha value is -0.200. The first kappa shape index (κ1) is 10.9. The van der Waals surface area contributed by atoms with Crippen molar-refractivity contribution < 1.29 is 24.4 Å². The van der Waals surface area contributed by atoms with E-state index in [0.29, 0.717) is 0 Å². The predicted octanol–water partition coefficient (Wildman–Crippen LogP) is -1.23. The van der Waals surface area contributed by atoms with E-state index in [1.807, 2.05) is 0 Å². The molecule has 2 N–H and O–H groups in total. The van der Waals surface area contributed by atoms with E-state index in [-0.39, 0.29) is 13.2 Å². The van der Waals surface area contributed by atoms with Crippen LogP contribution >= 0.6 is 0 Å². The van der Waals surface area contributed by atoms with Gasteiger partial charge in [-0.15, -0.1) is 0 Å². The van der Waals surface area contributed by atoms with Gasteiger partial charge in [0.15, 0.2) is 0 Å². The molecule has 0 unspecified atom stereocenters. The molecule has 0 saturated carbocycles. The summed E-state index contributed by atoms with van der Waals surface area (Å²) >= 11 is 0. The molecule has 0 amide bonds. The highest BCUT2D eigenvalue weighted by Crippen LogP contribution is 2.19. The van der Waals surface area contributed by atoms with Crippen molar-refractivity contribution in [3.8, 4) is 0 Å². The fourth-order valence-electron chi connectivity index (χ4n) is 1.58. The summed E-state index contributed by atoms with van der Waals surface area (Å²) in [7, 11) is 3.00. The normalized spacial score (nSPS) is 40.6. The first-order valence-electron chi connectivity index (χ1n) is 4.20. The molecule has 5 nitrogen and oxygen atoms in total. The SMILES string of the molecule is CO[C@@H]1[C@H](OC)[C@H](CO)OC[C@H]1O. The lowest BCUT2D eigenvalue weighted by Crippen LogP contribution is -2.55. The standard InChI is InChI=1S/C8H16O5/c1-11-7-5(10)4-13-6(3-9)8(7)12-2/h5-10H,3-4H2,1-2H3/t5-,6+,7+,8-/m1/s1. The molecule has 0 radical (unpaired) electrons. The van der Waals surface area contributed by atoms with Crippen molar-refractivity contribution in [3.63, 3.8) is 0 Å². The van der Waals surface area contributed by atoms with E-state index in [0.717, 1.165) is 0 Å². The van der Waals surface area contributed by atoms with Crippen LogP contribution in [0.4, 0.5) is 0 Å². The van der Waals surface area contributed by atoms with Crippen molar-refractivity contribution in [3.05, 3.63) is 0 Å². The van der Waals surface area contributed by atoms with Crippen molar-refractivity contribution in [2.24, 2.45) is 0 Å². The highest BCUT2D eigenvalue weighted by molar-refractivity contribution is 4.88. The maximum atomic E-state index is 9.47. The van der Waals surface area contributed by atoms with Crippen LogP contribution in [0.3, 0.4) is 0 Å². The Labute approximate surface area is 77.2 Å². The molecule has 0 aromatic rings. The number of aliphatic hydroxyl groups is 2. The second-order valence-corrected chi connectivity index (χ2v) is 3.02. The van der Waals surface area contributed by atoms with Gasteiger partial charge in [-0.05, 0) is 0 Å². The smallest absolute Gasteiger partial charge is 0.114 e. The second-order valence-electron chi connectivity index (χ2n) is 3.02. The van der Waals surface area contributed by atoms with Crippen LogP contribution in [-0.4, -0.2) is 62.1 Å². The quantitative estimate of drug-likeness (QED) is 0.586. The van der Waals surface area contributed by atoms with Crippen LogP contribution in [-0.2, 0) is 14.2 Å². The summed E-state index contributed by atoms with van der Waals surface area (Å²) in [4.78, 5) is 0. The molecule has 78 valence electrons. The van der Waals surface area contributed by atoms with Gasteiger partial charge in [-0.2, -0.15) is 0 Å². The molecule has 13 heavy (non-hydrogen) atoms. The molecular weight excluding hydrogens is 176 g/mol. The van der Waals surface area contributed by atoms with Crippen LogP contribution in [0.15, 0.2) is 0 Å². The number of aliphatic hydroxyl groups excluding tert-OH is 2. The highest BCUT2D eigenvalue weighted by atomic mass is 16.6. The maximum absolute atomic E-state index is 9.47. The lowest BCUT2D eigenvalue weighted by Gasteiger charge is -2.38. The van der Waals surface area contributed by atoms with Gasteiger partial charge < -0.3 is 24.4 Å². The topological polar surface area (TPSA) is 68.2 Å². The van der Waals surface area contributed by atoms with E-state index in [9.17, 15) is 5.11 Å². The molecule has 4 atom stereocenters. The third kappa shape index (κ3) is 2.18. The largest absolute Gasteiger partial charge is 0.394 e. The van der Waals surface area contributed by atoms with E-state index >= 15 is 0 Å². The Morgan fingerprint density at radius 2 is 1.92 bits per heavy atom. The summed E-state index contributed by atoms with van der Waals surface area (Å²) in [6, 6.07) is 0. The molecule has 1 aliphatic heterocycles. The minimum Gasteiger partial charge on any atom is -0.394 e. The second kappa shape index (κ2) is 4.88. The van der Waals surface area contributed by atoms with Gasteiger partial charge in [-0.3, -0.25) is 0 Å². The molecule has 1 aliphatic rings. The first-order valence-corrected chi connectivity index (χ1v) is 4.20. The van der Waals surface area contributed by atoms with E-state index < -0.39 is 24.4 Å². The molecule has 0 aliphatic carbocycles. The molecule has 5 heteroatoms. The zero-order valence-electron chi connectivity index (χ0n) is 7.84. The lowest BCUT2D eigenvalue weighted by atomic mass is 10.0. The van der Waals surface area contributed by atoms with Crippen molar-refractivity contribution in [1.29, 1.82) is 0 Å². The molecule has 1 heterocycles. The Morgan fingerprint density at radius 1 is 1.31 bits per heavy atom. The van der Waals surface area contributed by atoms with Gasteiger partial charge in [-0.1, -0.05) is 0 Å². The van der Waals surface area contributed by atoms with Gasteiger partial charge in [0.25, 0.3) is 0 Å². The summed E-state index contributed by atoms with van der Waals surface area (Å²) in [5, 5.41) is 18.4. The van der Waals surface area contributed by atoms with E-state index in [4.69, 9.17) is 19.3 Å². The molecule has 0 aromatic carbocycles. The van der Waals surface area contributed by atoms with E-state index in [1.54, 1.807) is 0 Å². The van der Waals surface area contributed by atoms with Gasteiger partial charge in [0.2, 0.25) is 0 Å². The Morgan fingerprint density at radius 3 is 2.38 bits per heavy atom. The average Bonchev–Trinajstić information content (AvgIpc) is 2.17. The van der Waals surface area contributed by atoms with Gasteiger partial charge in [0.1, 0.15) is 24.4 Å². The van der Waals surface area contributed by atoms with Gasteiger partial charge in [0, 0.05) is 14.2 Å². The number of rotatable bonds is 3. The van der Waals surface area contributed by atoms with Gasteiger partial charge >= 0.3 is 0 Å². The molecule has 0 spiro atoms. The number of hydrogen-bond acceptors (Lipinski definition) is 5. The van der Waals surface area contributed by atoms with Crippen molar-refractivity contribution >= 4 is 0 Å². The molecule has 1 fully saturated rings. The zero-order valence-corrected chi connectivity index (χ0v) is 7.84. The molecule has 1 saturated heterocycles. The number of methoxy groups -OCH3 is 2. The Bertz CT molecular complexity index is 151. The monoisotopic (exact) mass is 192 g/mol. The summed E-state index contributed by atoms with van der Waals surface area (Å²) in [6.45, 7) is 0.0364. The van der Waals surface area contributed by atoms with Crippen LogP contribution in [0.25, 0.3) is 0 Å². The van der Waals surface area contributed by atoms with Crippen LogP contribution in [0.5, 0.6) is 0 Å². The fraction of sp³-hybridized carbons (Fsp3) is 1.00. The molecular formula is C8H16O5. The first-order chi connectivity index (χ1) is 6.24. The van der Waals surface area contributed by atoms with Gasteiger partial charge in [0.05, 0.1) is 13.2 Å². The van der Waals surface area contributed by atoms with E-state index in [2.05, 4.69) is 0 Å². The van der Waals surface area contributed by atoms with Crippen LogP contribution in [0.1, 0.15) is 0 Å². The Balaban J connectivity index is 2.64. The highest BCUT2D eigenvalue weighted by Gasteiger charge is 2.39. The fourth-order valence-corrected chi connectivity index (χ4v) is 1.58. The van der Waals surface area contributed by atoms with Crippen LogP contribution in [0, 0.1) is 0 Å². The molecule has 0 aromatic heterocycles. The van der Waals surface area contributed by atoms with Crippen molar-refractivity contribution in [2.45, 2.75) is 24.4 Å². The summed E-state index contributed by atoms with van der Waals surface area (Å²) in [5.41, 5.74) is 0. The minimum absolute atomic E-state index is 0.134. The van der Waals surface area contributed by atoms with Crippen molar-refractivity contribution in [2.75, 3.05) is 27.4 Å². The minimum atomic E-state index is -0.697. The maximum Gasteiger partial charge on any atom is 0.114 e. The molecule has 0 bridgehead atoms. The third-order valence-electron chi connectivity index (χ3n) is 2.27. The predicted molar refractivity (Wildman–Crippen MR) is 44.4 cm³/mol. The van der Waals surface area contributed by atoms with Crippen molar-refractivity contribution in [1.82, 2.24) is 0 Å². The van der Waals surface area contributed by atoms with Gasteiger partial charge in [-0.25, -0.2) is 0 Å². The zero-order chi connectivity index (χ0) is 9.84. The van der Waals surface area contributed by atoms with Crippen LogP contribution < -0.4 is 0 Å². The number of hydrogen-bond donors (Lipinski definition) is 2. The van der Waals surface area contributed by atoms with Crippen LogP contribution in [0.2, 0.25) is 0 Å². The summed E-state index contributed by atoms with van der Waals surface area (Å²) in [5.74, 6) is 0. The average molecular weight is 192 g/mol. The lowest BCUT2D eigenvalue weighted by molar-refractivity contribution is -0.211. The summed E-state index contributed by atoms with van der Waals surface area (Å²) < 4.78 is 15.3. The number of ether oxygens (including phenoxy) is 3. The Kier molecular flexibility index (Phi) is 4.08. The molecule has 1 rings (SSSR count).